The molecule has 0 atom stereocenters. The first-order chi connectivity index (χ1) is 15.0. The SMILES string of the molecule is Cc1cc(OCc2ccc(C(=O)Nc3c(C#N)cnn3-c3ccccc3)o2)ccc1Cl. The van der Waals surface area contributed by atoms with E-state index in [1.807, 2.05) is 49.4 Å². The summed E-state index contributed by atoms with van der Waals surface area (Å²) in [6.07, 6.45) is 1.40. The number of benzene rings is 2. The lowest BCUT2D eigenvalue weighted by molar-refractivity contribution is 0.0992. The standard InChI is InChI=1S/C23H17ClN4O3/c1-15-11-18(7-9-20(15)24)30-14-19-8-10-21(31-19)23(29)27-22-16(12-25)13-26-28(22)17-5-3-2-4-6-17/h2-11,13H,14H2,1H3,(H,27,29). The van der Waals surface area contributed by atoms with Crippen molar-refractivity contribution >= 4 is 23.3 Å². The van der Waals surface area contributed by atoms with Crippen molar-refractivity contribution < 1.29 is 13.9 Å². The Morgan fingerprint density at radius 1 is 1.23 bits per heavy atom. The molecule has 1 amide bonds. The van der Waals surface area contributed by atoms with Gasteiger partial charge in [-0.05, 0) is 55.0 Å². The van der Waals surface area contributed by atoms with Gasteiger partial charge in [0, 0.05) is 5.02 Å². The normalized spacial score (nSPS) is 10.5. The Morgan fingerprint density at radius 2 is 2.03 bits per heavy atom. The summed E-state index contributed by atoms with van der Waals surface area (Å²) in [5, 5.41) is 17.0. The zero-order valence-corrected chi connectivity index (χ0v) is 17.3. The topological polar surface area (TPSA) is 93.1 Å². The number of rotatable bonds is 6. The molecule has 0 spiro atoms. The van der Waals surface area contributed by atoms with Crippen LogP contribution in [0.4, 0.5) is 5.82 Å². The Bertz CT molecular complexity index is 1270. The Balaban J connectivity index is 1.48. The molecule has 4 aromatic rings. The van der Waals surface area contributed by atoms with E-state index in [2.05, 4.69) is 10.4 Å². The van der Waals surface area contributed by atoms with Crippen molar-refractivity contribution in [2.24, 2.45) is 0 Å². The number of hydrogen-bond donors (Lipinski definition) is 1. The molecule has 0 aliphatic heterocycles. The molecule has 0 aliphatic rings. The zero-order valence-electron chi connectivity index (χ0n) is 16.5. The van der Waals surface area contributed by atoms with Gasteiger partial charge in [-0.2, -0.15) is 10.4 Å². The summed E-state index contributed by atoms with van der Waals surface area (Å²) in [4.78, 5) is 12.7. The number of nitriles is 1. The third kappa shape index (κ3) is 4.44. The summed E-state index contributed by atoms with van der Waals surface area (Å²) in [5.74, 6) is 0.993. The molecular weight excluding hydrogens is 416 g/mol. The molecule has 154 valence electrons. The molecular formula is C23H17ClN4O3. The van der Waals surface area contributed by atoms with Crippen LogP contribution in [0, 0.1) is 18.3 Å². The molecule has 0 bridgehead atoms. The molecule has 2 aromatic heterocycles. The van der Waals surface area contributed by atoms with E-state index < -0.39 is 5.91 Å². The van der Waals surface area contributed by atoms with Crippen molar-refractivity contribution in [1.82, 2.24) is 9.78 Å². The molecule has 7 nitrogen and oxygen atoms in total. The number of carbonyl (C=O) groups is 1. The Morgan fingerprint density at radius 3 is 2.77 bits per heavy atom. The maximum Gasteiger partial charge on any atom is 0.292 e. The van der Waals surface area contributed by atoms with E-state index in [1.165, 1.54) is 10.9 Å². The average Bonchev–Trinajstić information content (AvgIpc) is 3.42. The highest BCUT2D eigenvalue weighted by molar-refractivity contribution is 6.31. The number of halogens is 1. The van der Waals surface area contributed by atoms with Crippen molar-refractivity contribution in [3.63, 3.8) is 0 Å². The van der Waals surface area contributed by atoms with Crippen molar-refractivity contribution in [3.05, 3.63) is 94.5 Å². The van der Waals surface area contributed by atoms with Gasteiger partial charge in [-0.1, -0.05) is 29.8 Å². The molecule has 2 heterocycles. The van der Waals surface area contributed by atoms with E-state index in [0.717, 1.165) is 5.56 Å². The first-order valence-corrected chi connectivity index (χ1v) is 9.75. The zero-order chi connectivity index (χ0) is 21.8. The number of hydrogen-bond acceptors (Lipinski definition) is 5. The van der Waals surface area contributed by atoms with Gasteiger partial charge in [0.2, 0.25) is 0 Å². The fourth-order valence-corrected chi connectivity index (χ4v) is 3.04. The summed E-state index contributed by atoms with van der Waals surface area (Å²) in [6, 6.07) is 19.8. The number of aryl methyl sites for hydroxylation is 1. The van der Waals surface area contributed by atoms with Gasteiger partial charge < -0.3 is 14.5 Å². The lowest BCUT2D eigenvalue weighted by Gasteiger charge is -2.08. The van der Waals surface area contributed by atoms with Crippen molar-refractivity contribution in [1.29, 1.82) is 5.26 Å². The summed E-state index contributed by atoms with van der Waals surface area (Å²) in [7, 11) is 0. The lowest BCUT2D eigenvalue weighted by atomic mass is 10.2. The monoisotopic (exact) mass is 432 g/mol. The van der Waals surface area contributed by atoms with Crippen LogP contribution in [0.2, 0.25) is 5.02 Å². The van der Waals surface area contributed by atoms with E-state index in [1.54, 1.807) is 24.3 Å². The number of nitrogens with one attached hydrogen (secondary N) is 1. The molecule has 31 heavy (non-hydrogen) atoms. The average molecular weight is 433 g/mol. The van der Waals surface area contributed by atoms with E-state index in [4.69, 9.17) is 20.8 Å². The Labute approximate surface area is 183 Å². The van der Waals surface area contributed by atoms with Crippen LogP contribution in [0.1, 0.15) is 27.4 Å². The van der Waals surface area contributed by atoms with Gasteiger partial charge in [0.05, 0.1) is 11.9 Å². The second-order valence-corrected chi connectivity index (χ2v) is 7.09. The van der Waals surface area contributed by atoms with Crippen LogP contribution >= 0.6 is 11.6 Å². The van der Waals surface area contributed by atoms with E-state index in [9.17, 15) is 10.1 Å². The fourth-order valence-electron chi connectivity index (χ4n) is 2.92. The van der Waals surface area contributed by atoms with Gasteiger partial charge in [-0.3, -0.25) is 4.79 Å². The van der Waals surface area contributed by atoms with Gasteiger partial charge in [0.1, 0.15) is 29.7 Å². The third-order valence-corrected chi connectivity index (χ3v) is 4.94. The largest absolute Gasteiger partial charge is 0.486 e. The maximum absolute atomic E-state index is 12.7. The Hall–Kier alpha value is -4.02. The van der Waals surface area contributed by atoms with Gasteiger partial charge >= 0.3 is 0 Å². The second kappa shape index (κ2) is 8.78. The molecule has 0 unspecified atom stereocenters. The molecule has 1 N–H and O–H groups in total. The van der Waals surface area contributed by atoms with Crippen LogP contribution in [0.5, 0.6) is 5.75 Å². The predicted octanol–water partition coefficient (Wildman–Crippen LogP) is 5.13. The highest BCUT2D eigenvalue weighted by Gasteiger charge is 2.18. The number of para-hydroxylation sites is 1. The molecule has 0 fully saturated rings. The molecule has 2 aromatic carbocycles. The second-order valence-electron chi connectivity index (χ2n) is 6.69. The van der Waals surface area contributed by atoms with Crippen LogP contribution < -0.4 is 10.1 Å². The van der Waals surface area contributed by atoms with Crippen molar-refractivity contribution in [2.45, 2.75) is 13.5 Å². The van der Waals surface area contributed by atoms with E-state index in [0.29, 0.717) is 22.2 Å². The van der Waals surface area contributed by atoms with Gasteiger partial charge in [-0.25, -0.2) is 4.68 Å². The molecule has 8 heteroatoms. The van der Waals surface area contributed by atoms with Crippen LogP contribution in [0.15, 0.2) is 71.3 Å². The van der Waals surface area contributed by atoms with Crippen LogP contribution in [0.3, 0.4) is 0 Å². The van der Waals surface area contributed by atoms with E-state index in [-0.39, 0.29) is 23.7 Å². The number of furan rings is 1. The fraction of sp³-hybridized carbons (Fsp3) is 0.0870. The minimum atomic E-state index is -0.497. The lowest BCUT2D eigenvalue weighted by Crippen LogP contribution is -2.15. The quantitative estimate of drug-likeness (QED) is 0.456. The molecule has 4 rings (SSSR count). The van der Waals surface area contributed by atoms with Crippen LogP contribution in [-0.4, -0.2) is 15.7 Å². The Kier molecular flexibility index (Phi) is 5.74. The molecule has 0 radical (unpaired) electrons. The van der Waals surface area contributed by atoms with Crippen molar-refractivity contribution in [3.8, 4) is 17.5 Å². The maximum atomic E-state index is 12.7. The first-order valence-electron chi connectivity index (χ1n) is 9.37. The summed E-state index contributed by atoms with van der Waals surface area (Å²) in [6.45, 7) is 2.04. The summed E-state index contributed by atoms with van der Waals surface area (Å²) >= 11 is 6.02. The van der Waals surface area contributed by atoms with Crippen molar-refractivity contribution in [2.75, 3.05) is 5.32 Å². The van der Waals surface area contributed by atoms with Crippen LogP contribution in [-0.2, 0) is 6.61 Å². The summed E-state index contributed by atoms with van der Waals surface area (Å²) in [5.41, 5.74) is 1.86. The minimum absolute atomic E-state index is 0.0931. The summed E-state index contributed by atoms with van der Waals surface area (Å²) < 4.78 is 12.8. The molecule has 0 saturated carbocycles. The highest BCUT2D eigenvalue weighted by Crippen LogP contribution is 2.23. The molecule has 0 aliphatic carbocycles. The third-order valence-electron chi connectivity index (χ3n) is 4.52. The number of nitrogens with zero attached hydrogens (tertiary/aromatic N) is 3. The first kappa shape index (κ1) is 20.3. The minimum Gasteiger partial charge on any atom is -0.486 e. The number of aromatic nitrogens is 2. The number of ether oxygens (including phenoxy) is 1. The predicted molar refractivity (Wildman–Crippen MR) is 115 cm³/mol. The number of carbonyl (C=O) groups excluding carboxylic acids is 1. The van der Waals surface area contributed by atoms with Gasteiger partial charge in [-0.15, -0.1) is 0 Å². The highest BCUT2D eigenvalue weighted by atomic mass is 35.5. The molecule has 0 saturated heterocycles. The van der Waals surface area contributed by atoms with Crippen LogP contribution in [0.25, 0.3) is 5.69 Å². The number of amides is 1. The smallest absolute Gasteiger partial charge is 0.292 e. The van der Waals surface area contributed by atoms with Gasteiger partial charge in [0.25, 0.3) is 5.91 Å². The van der Waals surface area contributed by atoms with Gasteiger partial charge in [0.15, 0.2) is 11.6 Å². The number of anilines is 1. The van der Waals surface area contributed by atoms with E-state index >= 15 is 0 Å².